The summed E-state index contributed by atoms with van der Waals surface area (Å²) in [7, 11) is 0. The van der Waals surface area contributed by atoms with Crippen molar-refractivity contribution in [1.29, 1.82) is 0 Å². The first-order valence-corrected chi connectivity index (χ1v) is 7.29. The summed E-state index contributed by atoms with van der Waals surface area (Å²) < 4.78 is 6.30. The van der Waals surface area contributed by atoms with E-state index in [0.717, 1.165) is 22.3 Å². The molecule has 0 bridgehead atoms. The lowest BCUT2D eigenvalue weighted by Gasteiger charge is -2.18. The highest BCUT2D eigenvalue weighted by Gasteiger charge is 2.33. The van der Waals surface area contributed by atoms with Crippen LogP contribution in [0.15, 0.2) is 22.7 Å². The third-order valence-electron chi connectivity index (χ3n) is 3.27. The van der Waals surface area contributed by atoms with Crippen molar-refractivity contribution in [3.63, 3.8) is 0 Å². The average molecular weight is 327 g/mol. The van der Waals surface area contributed by atoms with Gasteiger partial charge >= 0.3 is 0 Å². The Labute approximate surface area is 122 Å². The Morgan fingerprint density at radius 3 is 2.95 bits per heavy atom. The molecule has 1 aliphatic heterocycles. The predicted molar refractivity (Wildman–Crippen MR) is 79.3 cm³/mol. The SMILES string of the molecule is CCNC1COCC1C(=O)Nc1ccc(C)cc1Br. The van der Waals surface area contributed by atoms with Crippen molar-refractivity contribution >= 4 is 27.5 Å². The van der Waals surface area contributed by atoms with Crippen molar-refractivity contribution in [3.05, 3.63) is 28.2 Å². The number of halogens is 1. The summed E-state index contributed by atoms with van der Waals surface area (Å²) in [6, 6.07) is 5.99. The maximum absolute atomic E-state index is 12.3. The van der Waals surface area contributed by atoms with E-state index in [4.69, 9.17) is 4.74 Å². The minimum absolute atomic E-state index is 0.00741. The van der Waals surface area contributed by atoms with E-state index in [1.807, 2.05) is 32.0 Å². The number of benzene rings is 1. The number of amides is 1. The Balaban J connectivity index is 2.04. The van der Waals surface area contributed by atoms with Crippen LogP contribution in [0.3, 0.4) is 0 Å². The number of nitrogens with one attached hydrogen (secondary N) is 2. The Hall–Kier alpha value is -0.910. The summed E-state index contributed by atoms with van der Waals surface area (Å²) in [4.78, 5) is 12.3. The van der Waals surface area contributed by atoms with E-state index in [9.17, 15) is 4.79 Å². The minimum Gasteiger partial charge on any atom is -0.379 e. The van der Waals surface area contributed by atoms with Crippen LogP contribution in [0.4, 0.5) is 5.69 Å². The Bertz CT molecular complexity index is 465. The number of ether oxygens (including phenoxy) is 1. The highest BCUT2D eigenvalue weighted by molar-refractivity contribution is 9.10. The standard InChI is InChI=1S/C14H19BrN2O2/c1-3-16-13-8-19-7-10(13)14(18)17-12-5-4-9(2)6-11(12)15/h4-6,10,13,16H,3,7-8H2,1-2H3,(H,17,18). The van der Waals surface area contributed by atoms with Gasteiger partial charge in [-0.2, -0.15) is 0 Å². The first-order chi connectivity index (χ1) is 9.11. The molecule has 0 spiro atoms. The zero-order valence-corrected chi connectivity index (χ0v) is 12.8. The monoisotopic (exact) mass is 326 g/mol. The largest absolute Gasteiger partial charge is 0.379 e. The first kappa shape index (κ1) is 14.5. The lowest BCUT2D eigenvalue weighted by molar-refractivity contribution is -0.120. The van der Waals surface area contributed by atoms with Crippen molar-refractivity contribution < 1.29 is 9.53 Å². The fraction of sp³-hybridized carbons (Fsp3) is 0.500. The second-order valence-corrected chi connectivity index (χ2v) is 5.64. The lowest BCUT2D eigenvalue weighted by atomic mass is 10.0. The molecule has 104 valence electrons. The van der Waals surface area contributed by atoms with Gasteiger partial charge in [0.1, 0.15) is 0 Å². The highest BCUT2D eigenvalue weighted by atomic mass is 79.9. The van der Waals surface area contributed by atoms with Crippen LogP contribution in [0, 0.1) is 12.8 Å². The Kier molecular flexibility index (Phi) is 4.96. The summed E-state index contributed by atoms with van der Waals surface area (Å²) >= 11 is 3.47. The highest BCUT2D eigenvalue weighted by Crippen LogP contribution is 2.25. The molecule has 2 rings (SSSR count). The second kappa shape index (κ2) is 6.50. The predicted octanol–water partition coefficient (Wildman–Crippen LogP) is 2.32. The number of hydrogen-bond acceptors (Lipinski definition) is 3. The van der Waals surface area contributed by atoms with Gasteiger partial charge in [0, 0.05) is 10.5 Å². The van der Waals surface area contributed by atoms with E-state index in [2.05, 4.69) is 26.6 Å². The summed E-state index contributed by atoms with van der Waals surface area (Å²) in [5, 5.41) is 6.25. The van der Waals surface area contributed by atoms with E-state index in [0.29, 0.717) is 13.2 Å². The summed E-state index contributed by atoms with van der Waals surface area (Å²) in [6.07, 6.45) is 0. The number of anilines is 1. The van der Waals surface area contributed by atoms with Gasteiger partial charge in [0.25, 0.3) is 0 Å². The van der Waals surface area contributed by atoms with E-state index < -0.39 is 0 Å². The van der Waals surface area contributed by atoms with Crippen LogP contribution in [0.2, 0.25) is 0 Å². The number of rotatable bonds is 4. The van der Waals surface area contributed by atoms with Gasteiger partial charge in [-0.25, -0.2) is 0 Å². The molecule has 1 amide bonds. The van der Waals surface area contributed by atoms with Crippen LogP contribution in [0.25, 0.3) is 0 Å². The van der Waals surface area contributed by atoms with Crippen LogP contribution in [0.5, 0.6) is 0 Å². The molecule has 1 aromatic carbocycles. The maximum atomic E-state index is 12.3. The number of carbonyl (C=O) groups excluding carboxylic acids is 1. The van der Waals surface area contributed by atoms with Crippen molar-refractivity contribution in [2.24, 2.45) is 5.92 Å². The van der Waals surface area contributed by atoms with Crippen LogP contribution in [-0.4, -0.2) is 31.7 Å². The summed E-state index contributed by atoms with van der Waals surface area (Å²) in [5.41, 5.74) is 1.96. The summed E-state index contributed by atoms with van der Waals surface area (Å²) in [5.74, 6) is -0.124. The lowest BCUT2D eigenvalue weighted by Crippen LogP contribution is -2.41. The van der Waals surface area contributed by atoms with Gasteiger partial charge in [0.15, 0.2) is 0 Å². The molecule has 0 saturated carbocycles. The molecule has 2 N–H and O–H groups in total. The van der Waals surface area contributed by atoms with E-state index >= 15 is 0 Å². The fourth-order valence-corrected chi connectivity index (χ4v) is 2.82. The van der Waals surface area contributed by atoms with E-state index in [1.54, 1.807) is 0 Å². The van der Waals surface area contributed by atoms with Crippen LogP contribution >= 0.6 is 15.9 Å². The number of likely N-dealkylation sites (N-methyl/N-ethyl adjacent to an activating group) is 1. The third-order valence-corrected chi connectivity index (χ3v) is 3.92. The molecule has 2 unspecified atom stereocenters. The van der Waals surface area contributed by atoms with Crippen LogP contribution in [0.1, 0.15) is 12.5 Å². The fourth-order valence-electron chi connectivity index (χ4n) is 2.22. The van der Waals surface area contributed by atoms with Gasteiger partial charge < -0.3 is 15.4 Å². The van der Waals surface area contributed by atoms with Crippen molar-refractivity contribution in [2.45, 2.75) is 19.9 Å². The Morgan fingerprint density at radius 1 is 1.47 bits per heavy atom. The molecule has 1 saturated heterocycles. The van der Waals surface area contributed by atoms with Gasteiger partial charge in [0.2, 0.25) is 5.91 Å². The zero-order chi connectivity index (χ0) is 13.8. The second-order valence-electron chi connectivity index (χ2n) is 4.78. The van der Waals surface area contributed by atoms with Crippen molar-refractivity contribution in [1.82, 2.24) is 5.32 Å². The van der Waals surface area contributed by atoms with Crippen molar-refractivity contribution in [3.8, 4) is 0 Å². The molecular formula is C14H19BrN2O2. The minimum atomic E-state index is -0.131. The average Bonchev–Trinajstić information content (AvgIpc) is 2.81. The number of carbonyl (C=O) groups is 1. The molecule has 0 aliphatic carbocycles. The molecule has 2 atom stereocenters. The van der Waals surface area contributed by atoms with Gasteiger partial charge in [-0.1, -0.05) is 13.0 Å². The topological polar surface area (TPSA) is 50.4 Å². The van der Waals surface area contributed by atoms with E-state index in [1.165, 1.54) is 0 Å². The smallest absolute Gasteiger partial charge is 0.231 e. The molecule has 1 fully saturated rings. The Morgan fingerprint density at radius 2 is 2.26 bits per heavy atom. The zero-order valence-electron chi connectivity index (χ0n) is 11.2. The van der Waals surface area contributed by atoms with Crippen LogP contribution < -0.4 is 10.6 Å². The molecule has 1 aromatic rings. The molecule has 1 aliphatic rings. The third kappa shape index (κ3) is 3.55. The molecule has 4 nitrogen and oxygen atoms in total. The number of hydrogen-bond donors (Lipinski definition) is 2. The van der Waals surface area contributed by atoms with E-state index in [-0.39, 0.29) is 17.9 Å². The molecule has 1 heterocycles. The van der Waals surface area contributed by atoms with Crippen LogP contribution in [-0.2, 0) is 9.53 Å². The maximum Gasteiger partial charge on any atom is 0.231 e. The molecular weight excluding hydrogens is 308 g/mol. The summed E-state index contributed by atoms with van der Waals surface area (Å²) in [6.45, 7) is 5.96. The normalized spacial score (nSPS) is 22.5. The van der Waals surface area contributed by atoms with Gasteiger partial charge in [-0.05, 0) is 47.1 Å². The number of aryl methyl sites for hydroxylation is 1. The molecule has 19 heavy (non-hydrogen) atoms. The van der Waals surface area contributed by atoms with Gasteiger partial charge in [-0.15, -0.1) is 0 Å². The van der Waals surface area contributed by atoms with Gasteiger partial charge in [0.05, 0.1) is 24.8 Å². The molecule has 0 radical (unpaired) electrons. The van der Waals surface area contributed by atoms with Crippen molar-refractivity contribution in [2.75, 3.05) is 25.1 Å². The quantitative estimate of drug-likeness (QED) is 0.892. The molecule has 5 heteroatoms. The van der Waals surface area contributed by atoms with Gasteiger partial charge in [-0.3, -0.25) is 4.79 Å². The molecule has 0 aromatic heterocycles. The first-order valence-electron chi connectivity index (χ1n) is 6.50.